The first-order valence-electron chi connectivity index (χ1n) is 5.55. The number of hydrogen-bond donors (Lipinski definition) is 3. The number of aliphatic carboxylic acids is 1. The lowest BCUT2D eigenvalue weighted by molar-refractivity contribution is -0.143. The largest absolute Gasteiger partial charge is 0.480 e. The standard InChI is InChI=1S/C11H17N3O3/c1-3-7(2)10(11(16)17)13-9(15)6-8-4-5-12-14-8/h4-5,7,10H,3,6H2,1-2H3,(H,12,14)(H,13,15)(H,16,17)/t7-,10-/m0/s1. The van der Waals surface area contributed by atoms with Crippen LogP contribution in [0.25, 0.3) is 0 Å². The summed E-state index contributed by atoms with van der Waals surface area (Å²) in [6.07, 6.45) is 2.35. The molecular weight excluding hydrogens is 222 g/mol. The molecule has 0 saturated heterocycles. The van der Waals surface area contributed by atoms with Gasteiger partial charge in [-0.25, -0.2) is 4.79 Å². The highest BCUT2D eigenvalue weighted by Crippen LogP contribution is 2.08. The van der Waals surface area contributed by atoms with Crippen molar-refractivity contribution < 1.29 is 14.7 Å². The first-order valence-corrected chi connectivity index (χ1v) is 5.55. The Morgan fingerprint density at radius 2 is 2.29 bits per heavy atom. The molecule has 2 atom stereocenters. The van der Waals surface area contributed by atoms with Gasteiger partial charge in [0.1, 0.15) is 6.04 Å². The van der Waals surface area contributed by atoms with Crippen molar-refractivity contribution in [1.29, 1.82) is 0 Å². The Kier molecular flexibility index (Phi) is 4.68. The Bertz CT molecular complexity index is 375. The molecular formula is C11H17N3O3. The molecule has 0 aliphatic heterocycles. The fourth-order valence-corrected chi connectivity index (χ4v) is 1.46. The summed E-state index contributed by atoms with van der Waals surface area (Å²) >= 11 is 0. The second kappa shape index (κ2) is 6.03. The number of aromatic amines is 1. The van der Waals surface area contributed by atoms with E-state index in [0.29, 0.717) is 12.1 Å². The monoisotopic (exact) mass is 239 g/mol. The fourth-order valence-electron chi connectivity index (χ4n) is 1.46. The Labute approximate surface area is 99.4 Å². The number of carboxylic acid groups (broad SMARTS) is 1. The van der Waals surface area contributed by atoms with Crippen LogP contribution in [0.1, 0.15) is 26.0 Å². The number of amides is 1. The third kappa shape index (κ3) is 3.90. The second-order valence-corrected chi connectivity index (χ2v) is 4.03. The molecule has 94 valence electrons. The third-order valence-electron chi connectivity index (χ3n) is 2.70. The van der Waals surface area contributed by atoms with E-state index in [4.69, 9.17) is 5.11 Å². The Hall–Kier alpha value is -1.85. The molecule has 0 spiro atoms. The van der Waals surface area contributed by atoms with Crippen molar-refractivity contribution in [3.05, 3.63) is 18.0 Å². The molecule has 0 aliphatic carbocycles. The number of hydrogen-bond acceptors (Lipinski definition) is 3. The van der Waals surface area contributed by atoms with Crippen LogP contribution in [0.15, 0.2) is 12.3 Å². The lowest BCUT2D eigenvalue weighted by Crippen LogP contribution is -2.45. The topological polar surface area (TPSA) is 95.1 Å². The number of nitrogens with one attached hydrogen (secondary N) is 2. The van der Waals surface area contributed by atoms with Gasteiger partial charge in [0.25, 0.3) is 0 Å². The summed E-state index contributed by atoms with van der Waals surface area (Å²) in [5, 5.41) is 17.9. The molecule has 1 aromatic rings. The van der Waals surface area contributed by atoms with Crippen molar-refractivity contribution in [2.45, 2.75) is 32.7 Å². The Morgan fingerprint density at radius 1 is 1.59 bits per heavy atom. The molecule has 0 aliphatic rings. The summed E-state index contributed by atoms with van der Waals surface area (Å²) in [5.41, 5.74) is 0.663. The zero-order valence-corrected chi connectivity index (χ0v) is 9.93. The fraction of sp³-hybridized carbons (Fsp3) is 0.545. The maximum Gasteiger partial charge on any atom is 0.326 e. The third-order valence-corrected chi connectivity index (χ3v) is 2.70. The molecule has 17 heavy (non-hydrogen) atoms. The SMILES string of the molecule is CC[C@H](C)[C@H](NC(=O)Cc1ccn[nH]1)C(=O)O. The van der Waals surface area contributed by atoms with Crippen LogP contribution < -0.4 is 5.32 Å². The molecule has 0 bridgehead atoms. The van der Waals surface area contributed by atoms with Gasteiger partial charge in [0.2, 0.25) is 5.91 Å². The van der Waals surface area contributed by atoms with Gasteiger partial charge in [0.15, 0.2) is 0 Å². The molecule has 1 heterocycles. The van der Waals surface area contributed by atoms with Crippen molar-refractivity contribution in [2.75, 3.05) is 0 Å². The zero-order chi connectivity index (χ0) is 12.8. The number of nitrogens with zero attached hydrogens (tertiary/aromatic N) is 1. The van der Waals surface area contributed by atoms with E-state index in [-0.39, 0.29) is 18.2 Å². The summed E-state index contributed by atoms with van der Waals surface area (Å²) in [6, 6.07) is 0.842. The number of carbonyl (C=O) groups is 2. The van der Waals surface area contributed by atoms with Gasteiger partial charge < -0.3 is 10.4 Å². The normalized spacial score (nSPS) is 14.0. The summed E-state index contributed by atoms with van der Waals surface area (Å²) in [6.45, 7) is 3.69. The molecule has 0 fully saturated rings. The molecule has 6 heteroatoms. The van der Waals surface area contributed by atoms with Gasteiger partial charge in [0.05, 0.1) is 6.42 Å². The minimum atomic E-state index is -1.00. The van der Waals surface area contributed by atoms with Gasteiger partial charge in [-0.3, -0.25) is 9.89 Å². The predicted octanol–water partition coefficient (Wildman–Crippen LogP) is 0.568. The van der Waals surface area contributed by atoms with Crippen LogP contribution in [0.5, 0.6) is 0 Å². The molecule has 0 aromatic carbocycles. The average Bonchev–Trinajstić information content (AvgIpc) is 2.77. The number of carbonyl (C=O) groups excluding carboxylic acids is 1. The quantitative estimate of drug-likeness (QED) is 0.676. The summed E-state index contributed by atoms with van der Waals surface area (Å²) in [7, 11) is 0. The molecule has 1 amide bonds. The summed E-state index contributed by atoms with van der Waals surface area (Å²) in [4.78, 5) is 22.6. The van der Waals surface area contributed by atoms with Crippen molar-refractivity contribution in [2.24, 2.45) is 5.92 Å². The van der Waals surface area contributed by atoms with Crippen LogP contribution in [0, 0.1) is 5.92 Å². The van der Waals surface area contributed by atoms with E-state index in [0.717, 1.165) is 0 Å². The van der Waals surface area contributed by atoms with Crippen LogP contribution >= 0.6 is 0 Å². The van der Waals surface area contributed by atoms with Crippen LogP contribution in [-0.2, 0) is 16.0 Å². The van der Waals surface area contributed by atoms with Crippen LogP contribution in [0.3, 0.4) is 0 Å². The van der Waals surface area contributed by atoms with E-state index in [2.05, 4.69) is 15.5 Å². The average molecular weight is 239 g/mol. The van der Waals surface area contributed by atoms with Gasteiger partial charge in [-0.2, -0.15) is 5.10 Å². The molecule has 0 saturated carbocycles. The smallest absolute Gasteiger partial charge is 0.326 e. The van der Waals surface area contributed by atoms with Gasteiger partial charge in [-0.1, -0.05) is 20.3 Å². The number of rotatable bonds is 6. The molecule has 6 nitrogen and oxygen atoms in total. The van der Waals surface area contributed by atoms with Crippen LogP contribution in [-0.4, -0.2) is 33.2 Å². The second-order valence-electron chi connectivity index (χ2n) is 4.03. The van der Waals surface area contributed by atoms with Crippen LogP contribution in [0.2, 0.25) is 0 Å². The summed E-state index contributed by atoms with van der Waals surface area (Å²) in [5.74, 6) is -1.42. The van der Waals surface area contributed by atoms with Crippen molar-refractivity contribution in [3.8, 4) is 0 Å². The van der Waals surface area contributed by atoms with Crippen molar-refractivity contribution in [1.82, 2.24) is 15.5 Å². The highest BCUT2D eigenvalue weighted by atomic mass is 16.4. The molecule has 3 N–H and O–H groups in total. The van der Waals surface area contributed by atoms with E-state index in [1.165, 1.54) is 0 Å². The van der Waals surface area contributed by atoms with E-state index in [1.54, 1.807) is 19.2 Å². The maximum atomic E-state index is 11.6. The number of aromatic nitrogens is 2. The predicted molar refractivity (Wildman–Crippen MR) is 61.3 cm³/mol. The van der Waals surface area contributed by atoms with Gasteiger partial charge in [-0.05, 0) is 12.0 Å². The van der Waals surface area contributed by atoms with E-state index in [9.17, 15) is 9.59 Å². The van der Waals surface area contributed by atoms with Crippen LogP contribution in [0.4, 0.5) is 0 Å². The Balaban J connectivity index is 2.55. The van der Waals surface area contributed by atoms with E-state index < -0.39 is 12.0 Å². The number of H-pyrrole nitrogens is 1. The molecule has 0 unspecified atom stereocenters. The van der Waals surface area contributed by atoms with Gasteiger partial charge >= 0.3 is 5.97 Å². The van der Waals surface area contributed by atoms with Gasteiger partial charge in [0, 0.05) is 11.9 Å². The first-order chi connectivity index (χ1) is 8.04. The highest BCUT2D eigenvalue weighted by molar-refractivity contribution is 5.84. The van der Waals surface area contributed by atoms with E-state index in [1.807, 2.05) is 6.92 Å². The van der Waals surface area contributed by atoms with Crippen molar-refractivity contribution in [3.63, 3.8) is 0 Å². The van der Waals surface area contributed by atoms with Crippen molar-refractivity contribution >= 4 is 11.9 Å². The lowest BCUT2D eigenvalue weighted by Gasteiger charge is -2.19. The minimum absolute atomic E-state index is 0.0989. The molecule has 1 aromatic heterocycles. The molecule has 0 radical (unpaired) electrons. The maximum absolute atomic E-state index is 11.6. The highest BCUT2D eigenvalue weighted by Gasteiger charge is 2.25. The lowest BCUT2D eigenvalue weighted by atomic mass is 9.99. The Morgan fingerprint density at radius 3 is 2.76 bits per heavy atom. The minimum Gasteiger partial charge on any atom is -0.480 e. The van der Waals surface area contributed by atoms with E-state index >= 15 is 0 Å². The molecule has 1 rings (SSSR count). The van der Waals surface area contributed by atoms with Gasteiger partial charge in [-0.15, -0.1) is 0 Å². The first kappa shape index (κ1) is 13.2. The summed E-state index contributed by atoms with van der Waals surface area (Å²) < 4.78 is 0. The zero-order valence-electron chi connectivity index (χ0n) is 9.93. The number of carboxylic acids is 1.